The van der Waals surface area contributed by atoms with Crippen molar-refractivity contribution in [2.45, 2.75) is 49.9 Å². The molecule has 37 heavy (non-hydrogen) atoms. The number of halogens is 3. The summed E-state index contributed by atoms with van der Waals surface area (Å²) in [6.45, 7) is 6.14. The van der Waals surface area contributed by atoms with Crippen LogP contribution < -0.4 is 10.6 Å². The summed E-state index contributed by atoms with van der Waals surface area (Å²) in [5, 5.41) is 7.49. The maximum Gasteiger partial charge on any atom is 0.417 e. The fourth-order valence-corrected chi connectivity index (χ4v) is 5.40. The second-order valence-corrected chi connectivity index (χ2v) is 10.5. The highest BCUT2D eigenvalue weighted by molar-refractivity contribution is 6.00. The Morgan fingerprint density at radius 2 is 2.11 bits per heavy atom. The Morgan fingerprint density at radius 3 is 2.81 bits per heavy atom. The highest BCUT2D eigenvalue weighted by Gasteiger charge is 2.42. The number of amides is 1. The largest absolute Gasteiger partial charge is 0.417 e. The number of fused-ring (bicyclic) bond motifs is 1. The molecule has 3 aliphatic rings. The molecule has 0 radical (unpaired) electrons. The number of benzene rings is 1. The van der Waals surface area contributed by atoms with Gasteiger partial charge < -0.3 is 20.3 Å². The van der Waals surface area contributed by atoms with E-state index < -0.39 is 11.7 Å². The van der Waals surface area contributed by atoms with Crippen molar-refractivity contribution >= 4 is 34.0 Å². The van der Waals surface area contributed by atoms with E-state index in [1.807, 2.05) is 6.07 Å². The van der Waals surface area contributed by atoms with Gasteiger partial charge in [0.1, 0.15) is 0 Å². The van der Waals surface area contributed by atoms with Gasteiger partial charge in [-0.25, -0.2) is 4.98 Å². The zero-order valence-electron chi connectivity index (χ0n) is 21.0. The van der Waals surface area contributed by atoms with Crippen molar-refractivity contribution in [3.05, 3.63) is 48.3 Å². The van der Waals surface area contributed by atoms with E-state index in [1.165, 1.54) is 0 Å². The fraction of sp³-hybridized carbons (Fsp3) is 0.500. The number of likely N-dealkylation sites (tertiary alicyclic amines) is 1. The van der Waals surface area contributed by atoms with Gasteiger partial charge in [0, 0.05) is 54.7 Å². The molecule has 1 saturated carbocycles. The number of ether oxygens (including phenoxy) is 1. The first-order valence-corrected chi connectivity index (χ1v) is 12.9. The Balaban J connectivity index is 1.44. The van der Waals surface area contributed by atoms with Crippen molar-refractivity contribution in [1.82, 2.24) is 15.2 Å². The Kier molecular flexibility index (Phi) is 7.02. The molecule has 1 aliphatic carbocycles. The molecule has 5 rings (SSSR count). The molecule has 2 N–H and O–H groups in total. The minimum Gasteiger partial charge on any atom is -0.382 e. The van der Waals surface area contributed by atoms with E-state index in [9.17, 15) is 18.0 Å². The maximum absolute atomic E-state index is 13.7. The van der Waals surface area contributed by atoms with E-state index in [1.54, 1.807) is 30.4 Å². The maximum atomic E-state index is 13.7. The highest BCUT2D eigenvalue weighted by atomic mass is 19.4. The first-order chi connectivity index (χ1) is 17.6. The number of carbonyl (C=O) groups excluding carboxylic acids is 1. The summed E-state index contributed by atoms with van der Waals surface area (Å²) in [5.41, 5.74) is -0.197. The summed E-state index contributed by atoms with van der Waals surface area (Å²) in [5.74, 6) is 0.105. The average Bonchev–Trinajstić information content (AvgIpc) is 3.65. The van der Waals surface area contributed by atoms with Gasteiger partial charge in [-0.1, -0.05) is 24.8 Å². The lowest BCUT2D eigenvalue weighted by molar-refractivity contribution is -0.122. The van der Waals surface area contributed by atoms with Crippen LogP contribution in [0.5, 0.6) is 0 Å². The number of aromatic nitrogens is 1. The van der Waals surface area contributed by atoms with E-state index in [-0.39, 0.29) is 29.2 Å². The molecule has 3 fully saturated rings. The Bertz CT molecular complexity index is 1220. The van der Waals surface area contributed by atoms with Crippen LogP contribution in [0.4, 0.5) is 18.9 Å². The van der Waals surface area contributed by atoms with Crippen LogP contribution in [0, 0.1) is 5.92 Å². The molecule has 6 nitrogen and oxygen atoms in total. The number of anilines is 1. The summed E-state index contributed by atoms with van der Waals surface area (Å²) >= 11 is 0. The van der Waals surface area contributed by atoms with E-state index in [4.69, 9.17) is 4.74 Å². The third-order valence-corrected chi connectivity index (χ3v) is 7.51. The van der Waals surface area contributed by atoms with Crippen LogP contribution >= 0.6 is 0 Å². The van der Waals surface area contributed by atoms with Crippen LogP contribution in [-0.2, 0) is 9.53 Å². The first kappa shape index (κ1) is 25.7. The smallest absolute Gasteiger partial charge is 0.382 e. The number of alkyl halides is 3. The molecule has 198 valence electrons. The van der Waals surface area contributed by atoms with Gasteiger partial charge in [-0.3, -0.25) is 4.79 Å². The normalized spacial score (nSPS) is 24.7. The minimum absolute atomic E-state index is 0.0106. The standard InChI is InChI=1S/C28H33F3N4O2/c1-18(28(29,30)31)25-22-6-3-7-24(33-21-10-14-37-27(16-21)11-13-35(2)17-27)23(22)15-20(34-25)5-4-12-32-26(36)19-8-9-19/h3-7,15,19,21,33H,1,8-14,16-17H2,2H3,(H,32,36)/b5-4+. The monoisotopic (exact) mass is 514 g/mol. The predicted octanol–water partition coefficient (Wildman–Crippen LogP) is 5.01. The molecular formula is C28H33F3N4O2. The van der Waals surface area contributed by atoms with Crippen LogP contribution in [0.2, 0.25) is 0 Å². The number of allylic oxidation sites excluding steroid dienone is 1. The summed E-state index contributed by atoms with van der Waals surface area (Å²) in [6, 6.07) is 7.24. The van der Waals surface area contributed by atoms with Crippen molar-refractivity contribution in [3.8, 4) is 0 Å². The van der Waals surface area contributed by atoms with Gasteiger partial charge in [-0.2, -0.15) is 13.2 Å². The summed E-state index contributed by atoms with van der Waals surface area (Å²) in [6.07, 6.45) is 3.21. The summed E-state index contributed by atoms with van der Waals surface area (Å²) in [4.78, 5) is 18.5. The Morgan fingerprint density at radius 1 is 1.30 bits per heavy atom. The van der Waals surface area contributed by atoms with Crippen molar-refractivity contribution in [2.24, 2.45) is 5.92 Å². The molecule has 1 spiro atoms. The predicted molar refractivity (Wildman–Crippen MR) is 139 cm³/mol. The van der Waals surface area contributed by atoms with Crippen molar-refractivity contribution in [3.63, 3.8) is 0 Å². The second kappa shape index (κ2) is 10.1. The van der Waals surface area contributed by atoms with Crippen molar-refractivity contribution in [1.29, 1.82) is 0 Å². The lowest BCUT2D eigenvalue weighted by Gasteiger charge is -2.39. The molecular weight excluding hydrogens is 481 g/mol. The van der Waals surface area contributed by atoms with E-state index in [0.29, 0.717) is 29.6 Å². The lowest BCUT2D eigenvalue weighted by Crippen LogP contribution is -2.46. The topological polar surface area (TPSA) is 66.5 Å². The van der Waals surface area contributed by atoms with Gasteiger partial charge in [0.15, 0.2) is 0 Å². The number of hydrogen-bond acceptors (Lipinski definition) is 5. The average molecular weight is 515 g/mol. The number of nitrogens with zero attached hydrogens (tertiary/aromatic N) is 2. The molecule has 2 aromatic rings. The lowest BCUT2D eigenvalue weighted by atomic mass is 9.89. The molecule has 2 saturated heterocycles. The number of carbonyl (C=O) groups is 1. The van der Waals surface area contributed by atoms with Crippen molar-refractivity contribution in [2.75, 3.05) is 38.6 Å². The molecule has 1 aromatic carbocycles. The third-order valence-electron chi connectivity index (χ3n) is 7.51. The number of pyridine rings is 1. The van der Waals surface area contributed by atoms with Crippen LogP contribution in [0.3, 0.4) is 0 Å². The van der Waals surface area contributed by atoms with E-state index in [0.717, 1.165) is 50.9 Å². The van der Waals surface area contributed by atoms with Gasteiger partial charge in [-0.05, 0) is 57.4 Å². The van der Waals surface area contributed by atoms with E-state index in [2.05, 4.69) is 34.1 Å². The van der Waals surface area contributed by atoms with Crippen LogP contribution in [0.25, 0.3) is 22.4 Å². The second-order valence-electron chi connectivity index (χ2n) is 10.5. The zero-order valence-corrected chi connectivity index (χ0v) is 21.0. The summed E-state index contributed by atoms with van der Waals surface area (Å²) in [7, 11) is 2.09. The molecule has 3 heterocycles. The van der Waals surface area contributed by atoms with Gasteiger partial charge >= 0.3 is 6.18 Å². The SMILES string of the molecule is C=C(c1nc(/C=C/CNC(=O)C2CC2)cc2c(NC3CCOC4(CCN(C)C4)C3)cccc12)C(F)(F)F. The highest BCUT2D eigenvalue weighted by Crippen LogP contribution is 2.39. The Hall–Kier alpha value is -2.91. The number of nitrogens with one attached hydrogen (secondary N) is 2. The fourth-order valence-electron chi connectivity index (χ4n) is 5.40. The molecule has 0 bridgehead atoms. The quantitative estimate of drug-likeness (QED) is 0.544. The third kappa shape index (κ3) is 5.83. The van der Waals surface area contributed by atoms with Crippen molar-refractivity contribution < 1.29 is 22.7 Å². The Labute approximate surface area is 215 Å². The summed E-state index contributed by atoms with van der Waals surface area (Å²) < 4.78 is 47.3. The number of rotatable bonds is 7. The van der Waals surface area contributed by atoms with Gasteiger partial charge in [-0.15, -0.1) is 0 Å². The molecule has 9 heteroatoms. The van der Waals surface area contributed by atoms with Crippen LogP contribution in [-0.4, -0.2) is 66.9 Å². The van der Waals surface area contributed by atoms with Gasteiger partial charge in [0.2, 0.25) is 5.91 Å². The number of hydrogen-bond donors (Lipinski definition) is 2. The van der Waals surface area contributed by atoms with Crippen LogP contribution in [0.1, 0.15) is 43.5 Å². The molecule has 1 aromatic heterocycles. The zero-order chi connectivity index (χ0) is 26.2. The molecule has 2 aliphatic heterocycles. The number of likely N-dealkylation sites (N-methyl/N-ethyl adjacent to an activating group) is 1. The molecule has 2 unspecified atom stereocenters. The van der Waals surface area contributed by atoms with Gasteiger partial charge in [0.25, 0.3) is 0 Å². The molecule has 1 amide bonds. The molecule has 2 atom stereocenters. The van der Waals surface area contributed by atoms with Crippen LogP contribution in [0.15, 0.2) is 36.9 Å². The van der Waals surface area contributed by atoms with E-state index >= 15 is 0 Å². The first-order valence-electron chi connectivity index (χ1n) is 12.9. The van der Waals surface area contributed by atoms with Gasteiger partial charge in [0.05, 0.1) is 22.6 Å². The minimum atomic E-state index is -4.61.